The zero-order valence-corrected chi connectivity index (χ0v) is 21.6. The highest BCUT2D eigenvalue weighted by Crippen LogP contribution is 2.31. The van der Waals surface area contributed by atoms with Gasteiger partial charge in [-0.1, -0.05) is 72.8 Å². The number of ether oxygens (including phenoxy) is 1. The SMILES string of the molecule is O=C(NCc1ccc(Oc2ccccc2)cc1)C1SCCN1S(=O)(=O)c1ccc(-c2ccccc2)cc1. The minimum absolute atomic E-state index is 0.182. The number of sulfonamides is 1. The second kappa shape index (κ2) is 11.2. The molecule has 0 spiro atoms. The first-order valence-electron chi connectivity index (χ1n) is 11.9. The van der Waals surface area contributed by atoms with E-state index in [1.165, 1.54) is 16.1 Å². The Hall–Kier alpha value is -3.59. The largest absolute Gasteiger partial charge is 0.457 e. The van der Waals surface area contributed by atoms with Crippen LogP contribution in [-0.2, 0) is 21.4 Å². The van der Waals surface area contributed by atoms with E-state index in [1.54, 1.807) is 24.3 Å². The van der Waals surface area contributed by atoms with Crippen molar-refractivity contribution in [1.29, 1.82) is 0 Å². The van der Waals surface area contributed by atoms with Gasteiger partial charge in [-0.25, -0.2) is 8.42 Å². The van der Waals surface area contributed by atoms with Gasteiger partial charge in [-0.05, 0) is 53.1 Å². The number of carbonyl (C=O) groups excluding carboxylic acids is 1. The van der Waals surface area contributed by atoms with Crippen LogP contribution < -0.4 is 10.1 Å². The molecule has 1 unspecified atom stereocenters. The second-order valence-corrected chi connectivity index (χ2v) is 11.6. The van der Waals surface area contributed by atoms with Crippen LogP contribution in [0.1, 0.15) is 5.56 Å². The van der Waals surface area contributed by atoms with Gasteiger partial charge in [0.05, 0.1) is 4.90 Å². The fraction of sp³-hybridized carbons (Fsp3) is 0.138. The third-order valence-corrected chi connectivity index (χ3v) is 9.23. The summed E-state index contributed by atoms with van der Waals surface area (Å²) in [5.74, 6) is 1.68. The van der Waals surface area contributed by atoms with E-state index in [-0.39, 0.29) is 17.3 Å². The molecule has 0 saturated carbocycles. The van der Waals surface area contributed by atoms with Crippen molar-refractivity contribution in [2.45, 2.75) is 16.8 Å². The van der Waals surface area contributed by atoms with Crippen molar-refractivity contribution < 1.29 is 17.9 Å². The van der Waals surface area contributed by atoms with Gasteiger partial charge in [0, 0.05) is 18.8 Å². The molecule has 4 aromatic carbocycles. The van der Waals surface area contributed by atoms with Crippen LogP contribution in [0.15, 0.2) is 114 Å². The minimum atomic E-state index is -3.82. The Kier molecular flexibility index (Phi) is 7.60. The average Bonchev–Trinajstić information content (AvgIpc) is 3.45. The quantitative estimate of drug-likeness (QED) is 0.324. The highest BCUT2D eigenvalue weighted by molar-refractivity contribution is 8.02. The van der Waals surface area contributed by atoms with E-state index < -0.39 is 15.4 Å². The van der Waals surface area contributed by atoms with Crippen molar-refractivity contribution >= 4 is 27.7 Å². The zero-order valence-electron chi connectivity index (χ0n) is 20.0. The van der Waals surface area contributed by atoms with Crippen molar-refractivity contribution in [3.8, 4) is 22.6 Å². The monoisotopic (exact) mass is 530 g/mol. The summed E-state index contributed by atoms with van der Waals surface area (Å²) in [6.07, 6.45) is 0. The molecule has 1 amide bonds. The number of thioether (sulfide) groups is 1. The molecule has 1 heterocycles. The van der Waals surface area contributed by atoms with Crippen LogP contribution in [0.4, 0.5) is 0 Å². The first-order valence-corrected chi connectivity index (χ1v) is 14.4. The Bertz CT molecular complexity index is 1440. The molecule has 4 aromatic rings. The van der Waals surface area contributed by atoms with E-state index in [9.17, 15) is 13.2 Å². The Labute approximate surface area is 221 Å². The smallest absolute Gasteiger partial charge is 0.249 e. The van der Waals surface area contributed by atoms with Crippen molar-refractivity contribution in [2.75, 3.05) is 12.3 Å². The molecule has 188 valence electrons. The second-order valence-electron chi connectivity index (χ2n) is 8.51. The topological polar surface area (TPSA) is 75.7 Å². The number of nitrogens with zero attached hydrogens (tertiary/aromatic N) is 1. The number of carbonyl (C=O) groups is 1. The van der Waals surface area contributed by atoms with E-state index in [1.807, 2.05) is 84.9 Å². The number of hydrogen-bond donors (Lipinski definition) is 1. The number of hydrogen-bond acceptors (Lipinski definition) is 5. The van der Waals surface area contributed by atoms with Gasteiger partial charge in [-0.3, -0.25) is 4.79 Å². The van der Waals surface area contributed by atoms with Crippen molar-refractivity contribution in [3.05, 3.63) is 115 Å². The molecule has 1 aliphatic heterocycles. The molecule has 1 saturated heterocycles. The minimum Gasteiger partial charge on any atom is -0.457 e. The maximum absolute atomic E-state index is 13.4. The number of nitrogens with one attached hydrogen (secondary N) is 1. The van der Waals surface area contributed by atoms with Gasteiger partial charge >= 0.3 is 0 Å². The molecule has 0 radical (unpaired) electrons. The van der Waals surface area contributed by atoms with Crippen LogP contribution in [-0.4, -0.2) is 36.3 Å². The van der Waals surface area contributed by atoms with E-state index >= 15 is 0 Å². The summed E-state index contributed by atoms with van der Waals surface area (Å²) in [6, 6.07) is 33.5. The van der Waals surface area contributed by atoms with Crippen LogP contribution >= 0.6 is 11.8 Å². The van der Waals surface area contributed by atoms with Gasteiger partial charge in [-0.15, -0.1) is 11.8 Å². The van der Waals surface area contributed by atoms with Gasteiger partial charge in [0.25, 0.3) is 0 Å². The molecule has 0 aromatic heterocycles. The maximum Gasteiger partial charge on any atom is 0.249 e. The van der Waals surface area contributed by atoms with Gasteiger partial charge in [0.2, 0.25) is 15.9 Å². The predicted molar refractivity (Wildman–Crippen MR) is 147 cm³/mol. The van der Waals surface area contributed by atoms with E-state index in [0.717, 1.165) is 22.4 Å². The van der Waals surface area contributed by atoms with E-state index in [4.69, 9.17) is 4.74 Å². The molecule has 0 aliphatic carbocycles. The van der Waals surface area contributed by atoms with Crippen molar-refractivity contribution in [1.82, 2.24) is 9.62 Å². The molecule has 6 nitrogen and oxygen atoms in total. The average molecular weight is 531 g/mol. The Morgan fingerprint density at radius 3 is 2.08 bits per heavy atom. The summed E-state index contributed by atoms with van der Waals surface area (Å²) in [5, 5.41) is 2.08. The van der Waals surface area contributed by atoms with Crippen LogP contribution in [0.25, 0.3) is 11.1 Å². The Morgan fingerprint density at radius 2 is 1.41 bits per heavy atom. The molecule has 8 heteroatoms. The highest BCUT2D eigenvalue weighted by atomic mass is 32.2. The summed E-state index contributed by atoms with van der Waals surface area (Å²) in [7, 11) is -3.82. The number of benzene rings is 4. The molecule has 5 rings (SSSR count). The van der Waals surface area contributed by atoms with Gasteiger partial charge in [0.15, 0.2) is 0 Å². The molecule has 1 N–H and O–H groups in total. The van der Waals surface area contributed by atoms with Gasteiger partial charge in [-0.2, -0.15) is 4.31 Å². The maximum atomic E-state index is 13.4. The summed E-state index contributed by atoms with van der Waals surface area (Å²) in [5.41, 5.74) is 2.84. The standard InChI is InChI=1S/C29H26N2O4S2/c32-28(30-21-22-11-15-26(16-12-22)35-25-9-5-2-6-10-25)29-31(19-20-36-29)37(33,34)27-17-13-24(14-18-27)23-7-3-1-4-8-23/h1-18,29H,19-21H2,(H,30,32). The van der Waals surface area contributed by atoms with Gasteiger partial charge in [0.1, 0.15) is 16.9 Å². The molecule has 1 fully saturated rings. The summed E-state index contributed by atoms with van der Waals surface area (Å²) >= 11 is 1.33. The third-order valence-electron chi connectivity index (χ3n) is 6.01. The summed E-state index contributed by atoms with van der Waals surface area (Å²) in [4.78, 5) is 13.2. The molecule has 0 bridgehead atoms. The fourth-order valence-corrected chi connectivity index (χ4v) is 7.17. The Morgan fingerprint density at radius 1 is 0.811 bits per heavy atom. The predicted octanol–water partition coefficient (Wildman–Crippen LogP) is 5.53. The summed E-state index contributed by atoms with van der Waals surface area (Å²) < 4.78 is 33.9. The number of para-hydroxylation sites is 1. The first kappa shape index (κ1) is 25.1. The highest BCUT2D eigenvalue weighted by Gasteiger charge is 2.40. The summed E-state index contributed by atoms with van der Waals surface area (Å²) in [6.45, 7) is 0.582. The first-order chi connectivity index (χ1) is 18.0. The van der Waals surface area contributed by atoms with Crippen LogP contribution in [0.5, 0.6) is 11.5 Å². The van der Waals surface area contributed by atoms with Crippen molar-refractivity contribution in [2.24, 2.45) is 0 Å². The normalized spacial score (nSPS) is 15.8. The molecular formula is C29H26N2O4S2. The van der Waals surface area contributed by atoms with Gasteiger partial charge < -0.3 is 10.1 Å². The molecule has 1 atom stereocenters. The molecule has 37 heavy (non-hydrogen) atoms. The lowest BCUT2D eigenvalue weighted by molar-refractivity contribution is -0.122. The number of rotatable bonds is 8. The van der Waals surface area contributed by atoms with E-state index in [2.05, 4.69) is 5.32 Å². The lowest BCUT2D eigenvalue weighted by Gasteiger charge is -2.22. The lowest BCUT2D eigenvalue weighted by Crippen LogP contribution is -2.44. The number of amides is 1. The molecule has 1 aliphatic rings. The van der Waals surface area contributed by atoms with Crippen molar-refractivity contribution in [3.63, 3.8) is 0 Å². The third kappa shape index (κ3) is 5.88. The lowest BCUT2D eigenvalue weighted by atomic mass is 10.1. The van der Waals surface area contributed by atoms with E-state index in [0.29, 0.717) is 18.0 Å². The molecular weight excluding hydrogens is 504 g/mol. The van der Waals surface area contributed by atoms with Crippen LogP contribution in [0.2, 0.25) is 0 Å². The fourth-order valence-electron chi connectivity index (χ4n) is 4.07. The van der Waals surface area contributed by atoms with Crippen LogP contribution in [0.3, 0.4) is 0 Å². The van der Waals surface area contributed by atoms with Crippen LogP contribution in [0, 0.1) is 0 Å². The Balaban J connectivity index is 1.21. The zero-order chi connectivity index (χ0) is 25.7.